The molecule has 0 unspecified atom stereocenters. The third kappa shape index (κ3) is 4.05. The fraction of sp³-hybridized carbons (Fsp3) is 0.579. The van der Waals surface area contributed by atoms with Gasteiger partial charge in [-0.25, -0.2) is 4.79 Å². The lowest BCUT2D eigenvalue weighted by molar-refractivity contribution is -0.164. The van der Waals surface area contributed by atoms with Gasteiger partial charge in [0.2, 0.25) is 0 Å². The van der Waals surface area contributed by atoms with E-state index in [1.165, 1.54) is 31.7 Å². The van der Waals surface area contributed by atoms with E-state index in [9.17, 15) is 9.90 Å². The molecule has 1 saturated carbocycles. The van der Waals surface area contributed by atoms with Crippen molar-refractivity contribution in [3.63, 3.8) is 0 Å². The topological polar surface area (TPSA) is 98.6 Å². The number of methoxy groups -OCH3 is 1. The molecule has 3 N–H and O–H groups in total. The van der Waals surface area contributed by atoms with Crippen LogP contribution in [0.4, 0.5) is 0 Å². The summed E-state index contributed by atoms with van der Waals surface area (Å²) in [4.78, 5) is 16.6. The van der Waals surface area contributed by atoms with Crippen LogP contribution in [-0.2, 0) is 22.4 Å². The van der Waals surface area contributed by atoms with Crippen LogP contribution in [0.15, 0.2) is 22.7 Å². The summed E-state index contributed by atoms with van der Waals surface area (Å²) >= 11 is 1.47. The average molecular weight is 378 g/mol. The van der Waals surface area contributed by atoms with E-state index in [4.69, 9.17) is 14.9 Å². The molecule has 2 aromatic heterocycles. The Kier molecular flexibility index (Phi) is 5.89. The zero-order chi connectivity index (χ0) is 18.7. The summed E-state index contributed by atoms with van der Waals surface area (Å²) < 4.78 is 10.7. The second-order valence-corrected chi connectivity index (χ2v) is 7.93. The Hall–Kier alpha value is -1.57. The Balaban J connectivity index is 1.88. The van der Waals surface area contributed by atoms with Crippen LogP contribution in [-0.4, -0.2) is 46.8 Å². The van der Waals surface area contributed by atoms with Gasteiger partial charge in [0, 0.05) is 30.2 Å². The van der Waals surface area contributed by atoms with E-state index in [0.29, 0.717) is 17.0 Å². The average Bonchev–Trinajstić information content (AvgIpc) is 3.37. The highest BCUT2D eigenvalue weighted by Crippen LogP contribution is 2.34. The van der Waals surface area contributed by atoms with Crippen LogP contribution >= 0.6 is 11.8 Å². The molecule has 2 atom stereocenters. The maximum absolute atomic E-state index is 12.3. The summed E-state index contributed by atoms with van der Waals surface area (Å²) in [6.07, 6.45) is 8.14. The fourth-order valence-corrected chi connectivity index (χ4v) is 3.83. The number of ether oxygens (including phenoxy) is 1. The minimum atomic E-state index is -1.83. The molecule has 2 heterocycles. The van der Waals surface area contributed by atoms with Crippen molar-refractivity contribution in [3.05, 3.63) is 29.8 Å². The van der Waals surface area contributed by atoms with E-state index in [1.807, 2.05) is 12.3 Å². The van der Waals surface area contributed by atoms with Gasteiger partial charge in [-0.2, -0.15) is 11.8 Å². The number of pyridine rings is 1. The van der Waals surface area contributed by atoms with Crippen molar-refractivity contribution in [2.24, 2.45) is 11.7 Å². The van der Waals surface area contributed by atoms with Crippen LogP contribution in [0, 0.1) is 5.92 Å². The van der Waals surface area contributed by atoms with Crippen molar-refractivity contribution >= 4 is 28.7 Å². The summed E-state index contributed by atoms with van der Waals surface area (Å²) in [7, 11) is 1.25. The van der Waals surface area contributed by atoms with Gasteiger partial charge >= 0.3 is 5.97 Å². The molecule has 1 fully saturated rings. The number of hydrogen-bond acceptors (Lipinski definition) is 7. The quantitative estimate of drug-likeness (QED) is 0.646. The molecule has 0 spiro atoms. The molecule has 26 heavy (non-hydrogen) atoms. The summed E-state index contributed by atoms with van der Waals surface area (Å²) in [5.74, 6) is 1.43. The smallest absolute Gasteiger partial charge is 0.339 e. The first-order valence-electron chi connectivity index (χ1n) is 8.89. The highest BCUT2D eigenvalue weighted by Gasteiger charge is 2.44. The van der Waals surface area contributed by atoms with Crippen molar-refractivity contribution in [1.29, 1.82) is 0 Å². The van der Waals surface area contributed by atoms with Crippen molar-refractivity contribution in [3.8, 4) is 0 Å². The number of nitrogens with zero attached hydrogens (tertiary/aromatic N) is 1. The van der Waals surface area contributed by atoms with Gasteiger partial charge in [0.15, 0.2) is 5.60 Å². The summed E-state index contributed by atoms with van der Waals surface area (Å²) in [6.45, 7) is 0. The number of carbonyl (C=O) groups excluding carboxylic acids is 1. The molecule has 0 saturated heterocycles. The molecular formula is C19H26N2O4S. The normalized spacial score (nSPS) is 17.8. The maximum Gasteiger partial charge on any atom is 0.339 e. The Morgan fingerprint density at radius 1 is 1.58 bits per heavy atom. The van der Waals surface area contributed by atoms with Crippen molar-refractivity contribution < 1.29 is 19.1 Å². The lowest BCUT2D eigenvalue weighted by atomic mass is 9.89. The standard InChI is InChI=1S/C19H26N2O4S/c1-24-18(22)19(23,17(20)11-26-2)10-15-14-9-13(6-5-12-3-4-12)25-16(14)7-8-21-15/h7-9,12,17,23H,3-6,10-11,20H2,1-2H3/t17-,19+/m0/s1. The Labute approximate surface area is 157 Å². The van der Waals surface area contributed by atoms with Crippen LogP contribution < -0.4 is 5.73 Å². The Morgan fingerprint density at radius 2 is 2.35 bits per heavy atom. The van der Waals surface area contributed by atoms with E-state index in [1.54, 1.807) is 12.3 Å². The number of furan rings is 1. The number of thioether (sulfide) groups is 1. The summed E-state index contributed by atoms with van der Waals surface area (Å²) in [6, 6.07) is 3.01. The monoisotopic (exact) mass is 378 g/mol. The predicted octanol–water partition coefficient (Wildman–Crippen LogP) is 2.31. The summed E-state index contributed by atoms with van der Waals surface area (Å²) in [5, 5.41) is 11.8. The van der Waals surface area contributed by atoms with Crippen molar-refractivity contribution in [2.75, 3.05) is 19.1 Å². The largest absolute Gasteiger partial charge is 0.467 e. The molecular weight excluding hydrogens is 352 g/mol. The first kappa shape index (κ1) is 19.2. The number of hydrogen-bond donors (Lipinski definition) is 2. The number of aromatic nitrogens is 1. The van der Waals surface area contributed by atoms with E-state index >= 15 is 0 Å². The molecule has 7 heteroatoms. The second-order valence-electron chi connectivity index (χ2n) is 7.02. The van der Waals surface area contributed by atoms with Crippen LogP contribution in [0.5, 0.6) is 0 Å². The van der Waals surface area contributed by atoms with Gasteiger partial charge in [-0.05, 0) is 30.7 Å². The number of esters is 1. The zero-order valence-corrected chi connectivity index (χ0v) is 16.1. The minimum absolute atomic E-state index is 0.0136. The van der Waals surface area contributed by atoms with Crippen LogP contribution in [0.2, 0.25) is 0 Å². The van der Waals surface area contributed by atoms with Crippen LogP contribution in [0.25, 0.3) is 11.0 Å². The maximum atomic E-state index is 12.3. The summed E-state index contributed by atoms with van der Waals surface area (Å²) in [5.41, 5.74) is 5.58. The molecule has 142 valence electrons. The van der Waals surface area contributed by atoms with E-state index in [2.05, 4.69) is 4.98 Å². The highest BCUT2D eigenvalue weighted by molar-refractivity contribution is 7.98. The molecule has 2 aromatic rings. The first-order chi connectivity index (χ1) is 12.5. The molecule has 0 bridgehead atoms. The van der Waals surface area contributed by atoms with Gasteiger partial charge in [-0.3, -0.25) is 4.98 Å². The van der Waals surface area contributed by atoms with Crippen LogP contribution in [0.1, 0.15) is 30.7 Å². The van der Waals surface area contributed by atoms with E-state index in [0.717, 1.165) is 29.9 Å². The fourth-order valence-electron chi connectivity index (χ4n) is 3.19. The Bertz CT molecular complexity index is 774. The first-order valence-corrected chi connectivity index (χ1v) is 10.3. The number of rotatable bonds is 9. The lowest BCUT2D eigenvalue weighted by Gasteiger charge is -2.30. The third-order valence-electron chi connectivity index (χ3n) is 5.01. The van der Waals surface area contributed by atoms with Gasteiger partial charge in [0.05, 0.1) is 18.8 Å². The molecule has 0 radical (unpaired) electrons. The number of aliphatic hydroxyl groups is 1. The van der Waals surface area contributed by atoms with Gasteiger partial charge in [-0.15, -0.1) is 0 Å². The number of aryl methyl sites for hydroxylation is 1. The van der Waals surface area contributed by atoms with E-state index < -0.39 is 17.6 Å². The van der Waals surface area contributed by atoms with E-state index in [-0.39, 0.29) is 6.42 Å². The SMILES string of the molecule is COC(=O)[C@@](O)(Cc1nccc2oc(CCC3CC3)cc12)[C@@H](N)CSC. The highest BCUT2D eigenvalue weighted by atomic mass is 32.2. The van der Waals surface area contributed by atoms with Gasteiger partial charge in [-0.1, -0.05) is 12.8 Å². The van der Waals surface area contributed by atoms with Crippen LogP contribution in [0.3, 0.4) is 0 Å². The zero-order valence-electron chi connectivity index (χ0n) is 15.2. The van der Waals surface area contributed by atoms with Gasteiger partial charge in [0.25, 0.3) is 0 Å². The molecule has 1 aliphatic carbocycles. The van der Waals surface area contributed by atoms with Gasteiger partial charge < -0.3 is 20.0 Å². The molecule has 1 aliphatic rings. The van der Waals surface area contributed by atoms with Crippen molar-refractivity contribution in [2.45, 2.75) is 43.7 Å². The molecule has 0 aliphatic heterocycles. The molecule has 0 aromatic carbocycles. The predicted molar refractivity (Wildman–Crippen MR) is 102 cm³/mol. The molecule has 6 nitrogen and oxygen atoms in total. The van der Waals surface area contributed by atoms with Crippen molar-refractivity contribution in [1.82, 2.24) is 4.98 Å². The Morgan fingerprint density at radius 3 is 3.00 bits per heavy atom. The third-order valence-corrected chi connectivity index (χ3v) is 5.70. The lowest BCUT2D eigenvalue weighted by Crippen LogP contribution is -2.57. The molecule has 3 rings (SSSR count). The number of carbonyl (C=O) groups is 1. The minimum Gasteiger partial charge on any atom is -0.467 e. The molecule has 0 amide bonds. The van der Waals surface area contributed by atoms with Gasteiger partial charge in [0.1, 0.15) is 11.3 Å². The number of nitrogens with two attached hydrogens (primary N) is 1. The second kappa shape index (κ2) is 7.98. The number of fused-ring (bicyclic) bond motifs is 1.